The zero-order chi connectivity index (χ0) is 18.4. The first-order valence-corrected chi connectivity index (χ1v) is 9.22. The number of ether oxygens (including phenoxy) is 2. The van der Waals surface area contributed by atoms with Crippen molar-refractivity contribution < 1.29 is 14.3 Å². The number of nitrogens with zero attached hydrogens (tertiary/aromatic N) is 3. The van der Waals surface area contributed by atoms with Crippen molar-refractivity contribution in [2.45, 2.75) is 59.0 Å². The Kier molecular flexibility index (Phi) is 6.87. The molecule has 1 aromatic rings. The smallest absolute Gasteiger partial charge is 0.410 e. The number of carbonyl (C=O) groups excluding carboxylic acids is 1. The van der Waals surface area contributed by atoms with Gasteiger partial charge in [0.2, 0.25) is 11.2 Å². The first kappa shape index (κ1) is 19.8. The molecule has 1 aromatic heterocycles. The highest BCUT2D eigenvalue weighted by atomic mass is 35.5. The highest BCUT2D eigenvalue weighted by molar-refractivity contribution is 6.28. The summed E-state index contributed by atoms with van der Waals surface area (Å²) in [6.07, 6.45) is 3.87. The number of rotatable bonds is 5. The van der Waals surface area contributed by atoms with Crippen LogP contribution in [-0.4, -0.2) is 46.3 Å². The fourth-order valence-electron chi connectivity index (χ4n) is 2.92. The molecular weight excluding hydrogens is 342 g/mol. The number of piperidine rings is 1. The summed E-state index contributed by atoms with van der Waals surface area (Å²) in [6.45, 7) is 9.65. The summed E-state index contributed by atoms with van der Waals surface area (Å²) in [5.41, 5.74) is 0.338. The average Bonchev–Trinajstić information content (AvgIpc) is 2.49. The Hall–Kier alpha value is -1.56. The first-order valence-electron chi connectivity index (χ1n) is 8.85. The van der Waals surface area contributed by atoms with Gasteiger partial charge in [-0.05, 0) is 70.9 Å². The molecule has 0 bridgehead atoms. The van der Waals surface area contributed by atoms with Crippen LogP contribution in [0.1, 0.15) is 52.1 Å². The highest BCUT2D eigenvalue weighted by Gasteiger charge is 2.27. The van der Waals surface area contributed by atoms with Crippen molar-refractivity contribution in [1.29, 1.82) is 0 Å². The van der Waals surface area contributed by atoms with E-state index >= 15 is 0 Å². The van der Waals surface area contributed by atoms with Gasteiger partial charge in [0.1, 0.15) is 5.60 Å². The molecule has 2 rings (SSSR count). The minimum Gasteiger partial charge on any atom is -0.478 e. The van der Waals surface area contributed by atoms with E-state index in [1.165, 1.54) is 0 Å². The first-order chi connectivity index (χ1) is 11.7. The van der Waals surface area contributed by atoms with Crippen LogP contribution in [0.15, 0.2) is 6.07 Å². The van der Waals surface area contributed by atoms with E-state index in [0.717, 1.165) is 44.5 Å². The second-order valence-corrected chi connectivity index (χ2v) is 7.88. The van der Waals surface area contributed by atoms with Crippen molar-refractivity contribution in [3.8, 4) is 5.88 Å². The Morgan fingerprint density at radius 2 is 2.16 bits per heavy atom. The maximum Gasteiger partial charge on any atom is 0.410 e. The van der Waals surface area contributed by atoms with Crippen LogP contribution in [-0.2, 0) is 4.74 Å². The molecule has 1 aliphatic rings. The third-order valence-electron chi connectivity index (χ3n) is 3.98. The number of hydrogen-bond acceptors (Lipinski definition) is 5. The Bertz CT molecular complexity index is 569. The number of halogens is 1. The van der Waals surface area contributed by atoms with E-state index in [0.29, 0.717) is 18.4 Å². The third kappa shape index (κ3) is 7.06. The van der Waals surface area contributed by atoms with Gasteiger partial charge in [-0.1, -0.05) is 0 Å². The molecule has 0 aromatic carbocycles. The quantitative estimate of drug-likeness (QED) is 0.573. The van der Waals surface area contributed by atoms with Crippen LogP contribution in [0.3, 0.4) is 0 Å². The molecular formula is C18H28ClN3O3. The van der Waals surface area contributed by atoms with Gasteiger partial charge in [-0.3, -0.25) is 0 Å². The summed E-state index contributed by atoms with van der Waals surface area (Å²) in [7, 11) is 0. The van der Waals surface area contributed by atoms with E-state index < -0.39 is 5.60 Å². The number of aryl methyl sites for hydroxylation is 1. The van der Waals surface area contributed by atoms with Gasteiger partial charge >= 0.3 is 6.09 Å². The number of carbonyl (C=O) groups is 1. The lowest BCUT2D eigenvalue weighted by Crippen LogP contribution is -2.42. The molecule has 0 radical (unpaired) electrons. The zero-order valence-corrected chi connectivity index (χ0v) is 16.3. The molecule has 1 atom stereocenters. The van der Waals surface area contributed by atoms with E-state index in [2.05, 4.69) is 9.97 Å². The van der Waals surface area contributed by atoms with Crippen molar-refractivity contribution in [3.05, 3.63) is 17.0 Å². The molecule has 0 spiro atoms. The molecule has 0 aliphatic carbocycles. The number of aromatic nitrogens is 2. The Morgan fingerprint density at radius 3 is 2.84 bits per heavy atom. The van der Waals surface area contributed by atoms with Crippen LogP contribution in [0.4, 0.5) is 4.79 Å². The number of amides is 1. The maximum absolute atomic E-state index is 12.2. The van der Waals surface area contributed by atoms with Gasteiger partial charge in [0.25, 0.3) is 0 Å². The van der Waals surface area contributed by atoms with Crippen molar-refractivity contribution in [3.63, 3.8) is 0 Å². The molecule has 0 N–H and O–H groups in total. The molecule has 1 unspecified atom stereocenters. The van der Waals surface area contributed by atoms with E-state index in [1.54, 1.807) is 6.07 Å². The second kappa shape index (κ2) is 8.70. The third-order valence-corrected chi connectivity index (χ3v) is 4.15. The topological polar surface area (TPSA) is 64.5 Å². The lowest BCUT2D eigenvalue weighted by atomic mass is 9.94. The average molecular weight is 370 g/mol. The summed E-state index contributed by atoms with van der Waals surface area (Å²) >= 11 is 5.82. The summed E-state index contributed by atoms with van der Waals surface area (Å²) in [5.74, 6) is 0.997. The largest absolute Gasteiger partial charge is 0.478 e. The van der Waals surface area contributed by atoms with Gasteiger partial charge in [-0.25, -0.2) is 9.78 Å². The Morgan fingerprint density at radius 1 is 1.40 bits per heavy atom. The van der Waals surface area contributed by atoms with Gasteiger partial charge < -0.3 is 14.4 Å². The molecule has 7 heteroatoms. The van der Waals surface area contributed by atoms with E-state index in [4.69, 9.17) is 21.1 Å². The molecule has 140 valence electrons. The van der Waals surface area contributed by atoms with E-state index in [-0.39, 0.29) is 11.4 Å². The highest BCUT2D eigenvalue weighted by Crippen LogP contribution is 2.23. The van der Waals surface area contributed by atoms with Crippen LogP contribution >= 0.6 is 11.6 Å². The van der Waals surface area contributed by atoms with Gasteiger partial charge in [-0.15, -0.1) is 0 Å². The fourth-order valence-corrected chi connectivity index (χ4v) is 3.14. The molecule has 1 saturated heterocycles. The molecule has 6 nitrogen and oxygen atoms in total. The Balaban J connectivity index is 1.72. The molecule has 0 saturated carbocycles. The Labute approximate surface area is 154 Å². The van der Waals surface area contributed by atoms with Crippen molar-refractivity contribution in [2.24, 2.45) is 5.92 Å². The molecule has 2 heterocycles. The van der Waals surface area contributed by atoms with Crippen molar-refractivity contribution >= 4 is 17.7 Å². The minimum atomic E-state index is -0.450. The summed E-state index contributed by atoms with van der Waals surface area (Å²) in [5, 5.41) is 0.204. The predicted octanol–water partition coefficient (Wildman–Crippen LogP) is 4.24. The summed E-state index contributed by atoms with van der Waals surface area (Å²) in [4.78, 5) is 22.1. The fraction of sp³-hybridized carbons (Fsp3) is 0.722. The molecule has 1 amide bonds. The standard InChI is InChI=1S/C18H28ClN3O3/c1-13-11-15(21-16(19)20-13)24-10-6-8-14-7-5-9-22(12-14)17(23)25-18(2,3)4/h11,14H,5-10,12H2,1-4H3. The summed E-state index contributed by atoms with van der Waals surface area (Å²) < 4.78 is 11.1. The van der Waals surface area contributed by atoms with Crippen molar-refractivity contribution in [1.82, 2.24) is 14.9 Å². The summed E-state index contributed by atoms with van der Waals surface area (Å²) in [6, 6.07) is 1.77. The normalized spacial score (nSPS) is 18.1. The molecule has 1 aliphatic heterocycles. The van der Waals surface area contributed by atoms with Crippen LogP contribution in [0.5, 0.6) is 5.88 Å². The minimum absolute atomic E-state index is 0.204. The second-order valence-electron chi connectivity index (χ2n) is 7.54. The number of hydrogen-bond donors (Lipinski definition) is 0. The molecule has 25 heavy (non-hydrogen) atoms. The van der Waals surface area contributed by atoms with Crippen LogP contribution in [0.2, 0.25) is 5.28 Å². The van der Waals surface area contributed by atoms with Gasteiger partial charge in [-0.2, -0.15) is 4.98 Å². The predicted molar refractivity (Wildman–Crippen MR) is 97.0 cm³/mol. The monoisotopic (exact) mass is 369 g/mol. The van der Waals surface area contributed by atoms with Crippen LogP contribution in [0.25, 0.3) is 0 Å². The maximum atomic E-state index is 12.2. The zero-order valence-electron chi connectivity index (χ0n) is 15.5. The molecule has 1 fully saturated rings. The van der Waals surface area contributed by atoms with Gasteiger partial charge in [0.15, 0.2) is 0 Å². The van der Waals surface area contributed by atoms with Gasteiger partial charge in [0, 0.05) is 24.8 Å². The van der Waals surface area contributed by atoms with E-state index in [1.807, 2.05) is 32.6 Å². The van der Waals surface area contributed by atoms with Crippen LogP contribution in [0, 0.1) is 12.8 Å². The van der Waals surface area contributed by atoms with Crippen molar-refractivity contribution in [2.75, 3.05) is 19.7 Å². The SMILES string of the molecule is Cc1cc(OCCCC2CCCN(C(=O)OC(C)(C)C)C2)nc(Cl)n1. The van der Waals surface area contributed by atoms with Crippen LogP contribution < -0.4 is 4.74 Å². The van der Waals surface area contributed by atoms with Gasteiger partial charge in [0.05, 0.1) is 6.61 Å². The lowest BCUT2D eigenvalue weighted by molar-refractivity contribution is 0.0159. The van der Waals surface area contributed by atoms with E-state index in [9.17, 15) is 4.79 Å². The lowest BCUT2D eigenvalue weighted by Gasteiger charge is -2.34. The number of likely N-dealkylation sites (tertiary alicyclic amines) is 1.